The van der Waals surface area contributed by atoms with E-state index in [-0.39, 0.29) is 5.82 Å². The fourth-order valence-electron chi connectivity index (χ4n) is 1.68. The Balaban J connectivity index is 1.92. The van der Waals surface area contributed by atoms with E-state index in [0.29, 0.717) is 18.4 Å². The number of hydrogen-bond acceptors (Lipinski definition) is 2. The van der Waals surface area contributed by atoms with E-state index in [1.807, 2.05) is 0 Å². The van der Waals surface area contributed by atoms with E-state index >= 15 is 0 Å². The minimum Gasteiger partial charge on any atom is -0.489 e. The van der Waals surface area contributed by atoms with Crippen LogP contribution < -0.4 is 10.1 Å². The third kappa shape index (κ3) is 2.92. The van der Waals surface area contributed by atoms with Crippen LogP contribution in [0.4, 0.5) is 4.39 Å². The molecule has 0 aliphatic carbocycles. The summed E-state index contributed by atoms with van der Waals surface area (Å²) in [6.07, 6.45) is 2.29. The Morgan fingerprint density at radius 3 is 3.07 bits per heavy atom. The van der Waals surface area contributed by atoms with Crippen molar-refractivity contribution in [3.05, 3.63) is 28.5 Å². The van der Waals surface area contributed by atoms with Gasteiger partial charge in [-0.1, -0.05) is 15.9 Å². The van der Waals surface area contributed by atoms with Crippen LogP contribution in [0.2, 0.25) is 0 Å². The van der Waals surface area contributed by atoms with Gasteiger partial charge in [0.2, 0.25) is 0 Å². The van der Waals surface area contributed by atoms with Crippen LogP contribution in [0.5, 0.6) is 5.75 Å². The number of rotatable bonds is 3. The quantitative estimate of drug-likeness (QED) is 0.915. The van der Waals surface area contributed by atoms with Crippen LogP contribution >= 0.6 is 15.9 Å². The molecular formula is C11H13BrFNO. The van der Waals surface area contributed by atoms with Crippen LogP contribution in [0.3, 0.4) is 0 Å². The molecule has 0 saturated carbocycles. The normalized spacial score (nSPS) is 20.5. The molecule has 1 saturated heterocycles. The predicted molar refractivity (Wildman–Crippen MR) is 60.6 cm³/mol. The molecule has 0 aromatic heterocycles. The lowest BCUT2D eigenvalue weighted by Crippen LogP contribution is -2.28. The Morgan fingerprint density at radius 1 is 1.53 bits per heavy atom. The molecule has 15 heavy (non-hydrogen) atoms. The molecule has 1 aliphatic rings. The van der Waals surface area contributed by atoms with Crippen molar-refractivity contribution in [3.63, 3.8) is 0 Å². The van der Waals surface area contributed by atoms with Gasteiger partial charge in [0, 0.05) is 10.5 Å². The highest BCUT2D eigenvalue weighted by Crippen LogP contribution is 2.21. The Kier molecular flexibility index (Phi) is 3.59. The van der Waals surface area contributed by atoms with Gasteiger partial charge in [0.05, 0.1) is 0 Å². The van der Waals surface area contributed by atoms with E-state index in [4.69, 9.17) is 4.74 Å². The molecule has 1 atom stereocenters. The highest BCUT2D eigenvalue weighted by atomic mass is 79.9. The van der Waals surface area contributed by atoms with Crippen LogP contribution in [0, 0.1) is 5.82 Å². The Hall–Kier alpha value is -0.610. The van der Waals surface area contributed by atoms with Crippen molar-refractivity contribution in [1.29, 1.82) is 0 Å². The predicted octanol–water partition coefficient (Wildman–Crippen LogP) is 2.72. The minimum atomic E-state index is -0.317. The molecule has 2 rings (SSSR count). The van der Waals surface area contributed by atoms with Gasteiger partial charge >= 0.3 is 0 Å². The molecule has 0 spiro atoms. The molecule has 1 fully saturated rings. The van der Waals surface area contributed by atoms with Crippen molar-refractivity contribution in [2.24, 2.45) is 0 Å². The molecule has 1 aromatic rings. The average Bonchev–Trinajstić information content (AvgIpc) is 2.69. The van der Waals surface area contributed by atoms with Crippen LogP contribution in [-0.2, 0) is 0 Å². The molecule has 0 amide bonds. The molecule has 1 aromatic carbocycles. The lowest BCUT2D eigenvalue weighted by molar-refractivity contribution is 0.265. The van der Waals surface area contributed by atoms with E-state index in [1.54, 1.807) is 12.1 Å². The zero-order valence-electron chi connectivity index (χ0n) is 8.30. The second kappa shape index (κ2) is 4.94. The van der Waals surface area contributed by atoms with E-state index in [0.717, 1.165) is 17.4 Å². The fourth-order valence-corrected chi connectivity index (χ4v) is 2.01. The van der Waals surface area contributed by atoms with Gasteiger partial charge in [-0.25, -0.2) is 4.39 Å². The van der Waals surface area contributed by atoms with E-state index in [9.17, 15) is 4.39 Å². The standard InChI is InChI=1S/C11H13BrFNO/c12-8-3-4-11(10(13)6-8)15-7-9-2-1-5-14-9/h3-4,6,9,14H,1-2,5,7H2/t9-/m1/s1. The van der Waals surface area contributed by atoms with Crippen molar-refractivity contribution in [2.75, 3.05) is 13.2 Å². The van der Waals surface area contributed by atoms with Gasteiger partial charge < -0.3 is 10.1 Å². The van der Waals surface area contributed by atoms with Crippen LogP contribution in [0.15, 0.2) is 22.7 Å². The van der Waals surface area contributed by atoms with Crippen molar-refractivity contribution >= 4 is 15.9 Å². The summed E-state index contributed by atoms with van der Waals surface area (Å²) in [5.74, 6) is 0.00859. The lowest BCUT2D eigenvalue weighted by atomic mass is 10.2. The zero-order chi connectivity index (χ0) is 10.7. The first-order valence-electron chi connectivity index (χ1n) is 5.07. The van der Waals surface area contributed by atoms with Crippen molar-refractivity contribution in [3.8, 4) is 5.75 Å². The van der Waals surface area contributed by atoms with E-state index < -0.39 is 0 Å². The van der Waals surface area contributed by atoms with Gasteiger partial charge in [-0.15, -0.1) is 0 Å². The molecule has 2 nitrogen and oxygen atoms in total. The summed E-state index contributed by atoms with van der Waals surface area (Å²) < 4.78 is 19.5. The Bertz CT molecular complexity index is 339. The first-order valence-corrected chi connectivity index (χ1v) is 5.86. The smallest absolute Gasteiger partial charge is 0.166 e. The fraction of sp³-hybridized carbons (Fsp3) is 0.455. The van der Waals surface area contributed by atoms with Gasteiger partial charge in [0.1, 0.15) is 6.61 Å². The maximum Gasteiger partial charge on any atom is 0.166 e. The monoisotopic (exact) mass is 273 g/mol. The summed E-state index contributed by atoms with van der Waals surface area (Å²) in [7, 11) is 0. The SMILES string of the molecule is Fc1cc(Br)ccc1OC[C@H]1CCCN1. The maximum atomic E-state index is 13.3. The third-order valence-corrected chi connectivity index (χ3v) is 2.99. The molecule has 82 valence electrons. The summed E-state index contributed by atoms with van der Waals surface area (Å²) in [6, 6.07) is 5.21. The molecule has 0 radical (unpaired) electrons. The number of hydrogen-bond donors (Lipinski definition) is 1. The van der Waals surface area contributed by atoms with E-state index in [1.165, 1.54) is 12.5 Å². The largest absolute Gasteiger partial charge is 0.489 e. The number of ether oxygens (including phenoxy) is 1. The molecule has 1 aliphatic heterocycles. The van der Waals surface area contributed by atoms with Crippen molar-refractivity contribution in [2.45, 2.75) is 18.9 Å². The molecule has 1 heterocycles. The summed E-state index contributed by atoms with van der Waals surface area (Å²) in [5.41, 5.74) is 0. The molecule has 0 unspecified atom stereocenters. The topological polar surface area (TPSA) is 21.3 Å². The van der Waals surface area contributed by atoms with Gasteiger partial charge in [0.25, 0.3) is 0 Å². The molecule has 4 heteroatoms. The number of nitrogens with one attached hydrogen (secondary N) is 1. The zero-order valence-corrected chi connectivity index (χ0v) is 9.89. The molecule has 0 bridgehead atoms. The van der Waals surface area contributed by atoms with Crippen molar-refractivity contribution in [1.82, 2.24) is 5.32 Å². The van der Waals surface area contributed by atoms with Crippen molar-refractivity contribution < 1.29 is 9.13 Å². The highest BCUT2D eigenvalue weighted by Gasteiger charge is 2.15. The first-order chi connectivity index (χ1) is 7.25. The maximum absolute atomic E-state index is 13.3. The van der Waals surface area contributed by atoms with Crippen LogP contribution in [-0.4, -0.2) is 19.2 Å². The van der Waals surface area contributed by atoms with E-state index in [2.05, 4.69) is 21.2 Å². The van der Waals surface area contributed by atoms with Gasteiger partial charge in [-0.3, -0.25) is 0 Å². The molecular weight excluding hydrogens is 261 g/mol. The minimum absolute atomic E-state index is 0.317. The second-order valence-corrected chi connectivity index (χ2v) is 4.59. The number of benzene rings is 1. The van der Waals surface area contributed by atoms with Gasteiger partial charge in [-0.2, -0.15) is 0 Å². The van der Waals surface area contributed by atoms with Crippen LogP contribution in [0.1, 0.15) is 12.8 Å². The summed E-state index contributed by atoms with van der Waals surface area (Å²) in [6.45, 7) is 1.58. The average molecular weight is 274 g/mol. The lowest BCUT2D eigenvalue weighted by Gasteiger charge is -2.12. The Labute approximate surface area is 96.9 Å². The van der Waals surface area contributed by atoms with Gasteiger partial charge in [0.15, 0.2) is 11.6 Å². The van der Waals surface area contributed by atoms with Crippen LogP contribution in [0.25, 0.3) is 0 Å². The van der Waals surface area contributed by atoms with Gasteiger partial charge in [-0.05, 0) is 37.6 Å². The number of halogens is 2. The molecule has 1 N–H and O–H groups in total. The first kappa shape index (κ1) is 10.9. The Morgan fingerprint density at radius 2 is 2.40 bits per heavy atom. The highest BCUT2D eigenvalue weighted by molar-refractivity contribution is 9.10. The summed E-state index contributed by atoms with van der Waals surface area (Å²) >= 11 is 3.21. The third-order valence-electron chi connectivity index (χ3n) is 2.50. The summed E-state index contributed by atoms with van der Waals surface area (Å²) in [5, 5.41) is 3.30. The second-order valence-electron chi connectivity index (χ2n) is 3.68. The summed E-state index contributed by atoms with van der Waals surface area (Å²) in [4.78, 5) is 0.